The Hall–Kier alpha value is -2.10. The first-order valence-corrected chi connectivity index (χ1v) is 6.21. The van der Waals surface area contributed by atoms with Crippen LogP contribution in [0.5, 0.6) is 0 Å². The number of hydrogen-bond donors (Lipinski definition) is 1. The molecule has 1 aromatic heterocycles. The van der Waals surface area contributed by atoms with Gasteiger partial charge in [0, 0.05) is 18.3 Å². The van der Waals surface area contributed by atoms with E-state index in [9.17, 15) is 4.79 Å². The Morgan fingerprint density at radius 1 is 1.32 bits per heavy atom. The van der Waals surface area contributed by atoms with E-state index in [0.717, 1.165) is 22.6 Å². The molecular weight excluding hydrogens is 240 g/mol. The molecule has 0 fully saturated rings. The molecule has 0 radical (unpaired) electrons. The van der Waals surface area contributed by atoms with E-state index in [4.69, 9.17) is 5.11 Å². The van der Waals surface area contributed by atoms with Crippen molar-refractivity contribution in [1.82, 2.24) is 9.55 Å². The van der Waals surface area contributed by atoms with Crippen LogP contribution >= 0.6 is 0 Å². The summed E-state index contributed by atoms with van der Waals surface area (Å²) in [5.41, 5.74) is 4.93. The van der Waals surface area contributed by atoms with Gasteiger partial charge < -0.3 is 9.67 Å². The molecule has 0 unspecified atom stereocenters. The minimum Gasteiger partial charge on any atom is -0.481 e. The topological polar surface area (TPSA) is 55.1 Å². The van der Waals surface area contributed by atoms with Gasteiger partial charge in [-0.05, 0) is 26.3 Å². The molecule has 0 spiro atoms. The van der Waals surface area contributed by atoms with Crippen molar-refractivity contribution in [1.29, 1.82) is 0 Å². The van der Waals surface area contributed by atoms with Gasteiger partial charge in [-0.3, -0.25) is 4.79 Å². The number of imidazole rings is 1. The average molecular weight is 258 g/mol. The van der Waals surface area contributed by atoms with E-state index >= 15 is 0 Å². The van der Waals surface area contributed by atoms with E-state index in [-0.39, 0.29) is 6.42 Å². The molecule has 0 amide bonds. The lowest BCUT2D eigenvalue weighted by Gasteiger charge is -2.07. The Kier molecular flexibility index (Phi) is 3.42. The summed E-state index contributed by atoms with van der Waals surface area (Å²) in [6.45, 7) is 6.00. The maximum Gasteiger partial charge on any atom is 0.309 e. The zero-order valence-corrected chi connectivity index (χ0v) is 11.7. The SMILES string of the molecule is Cc1ccc(-c2nc(CC(=O)O)c(C)n2C)c(C)c1. The lowest BCUT2D eigenvalue weighted by Crippen LogP contribution is -2.02. The molecule has 0 bridgehead atoms. The first kappa shape index (κ1) is 13.3. The Morgan fingerprint density at radius 2 is 2.00 bits per heavy atom. The first-order valence-electron chi connectivity index (χ1n) is 6.21. The van der Waals surface area contributed by atoms with Crippen LogP contribution in [0.2, 0.25) is 0 Å². The molecule has 1 heterocycles. The quantitative estimate of drug-likeness (QED) is 0.920. The van der Waals surface area contributed by atoms with Crippen molar-refractivity contribution in [3.8, 4) is 11.4 Å². The van der Waals surface area contributed by atoms with Crippen LogP contribution in [0, 0.1) is 20.8 Å². The summed E-state index contributed by atoms with van der Waals surface area (Å²) in [7, 11) is 1.92. The Balaban J connectivity index is 2.53. The fourth-order valence-electron chi connectivity index (χ4n) is 2.25. The summed E-state index contributed by atoms with van der Waals surface area (Å²) >= 11 is 0. The highest BCUT2D eigenvalue weighted by molar-refractivity contribution is 5.71. The molecule has 0 saturated carbocycles. The monoisotopic (exact) mass is 258 g/mol. The zero-order valence-electron chi connectivity index (χ0n) is 11.7. The Morgan fingerprint density at radius 3 is 2.58 bits per heavy atom. The second-order valence-electron chi connectivity index (χ2n) is 4.92. The van der Waals surface area contributed by atoms with Crippen LogP contribution < -0.4 is 0 Å². The van der Waals surface area contributed by atoms with Crippen molar-refractivity contribution in [3.05, 3.63) is 40.7 Å². The number of nitrogens with zero attached hydrogens (tertiary/aromatic N) is 2. The molecule has 0 aliphatic carbocycles. The molecule has 4 heteroatoms. The average Bonchev–Trinajstić information content (AvgIpc) is 2.57. The van der Waals surface area contributed by atoms with Crippen molar-refractivity contribution >= 4 is 5.97 Å². The summed E-state index contributed by atoms with van der Waals surface area (Å²) in [6.07, 6.45) is -0.0371. The van der Waals surface area contributed by atoms with E-state index in [1.807, 2.05) is 37.6 Å². The predicted molar refractivity (Wildman–Crippen MR) is 74.2 cm³/mol. The second-order valence-corrected chi connectivity index (χ2v) is 4.92. The Bertz CT molecular complexity index is 642. The third-order valence-corrected chi connectivity index (χ3v) is 3.42. The summed E-state index contributed by atoms with van der Waals surface area (Å²) in [5.74, 6) is -0.0281. The molecule has 100 valence electrons. The normalized spacial score (nSPS) is 10.7. The van der Waals surface area contributed by atoms with Crippen LogP contribution in [0.25, 0.3) is 11.4 Å². The van der Waals surface area contributed by atoms with Crippen LogP contribution in [-0.4, -0.2) is 20.6 Å². The smallest absolute Gasteiger partial charge is 0.309 e. The number of aryl methyl sites for hydroxylation is 2. The number of carboxylic acid groups (broad SMARTS) is 1. The van der Waals surface area contributed by atoms with E-state index in [1.54, 1.807) is 0 Å². The van der Waals surface area contributed by atoms with Gasteiger partial charge in [-0.2, -0.15) is 0 Å². The van der Waals surface area contributed by atoms with Gasteiger partial charge >= 0.3 is 5.97 Å². The fourth-order valence-corrected chi connectivity index (χ4v) is 2.25. The highest BCUT2D eigenvalue weighted by Gasteiger charge is 2.16. The first-order chi connectivity index (χ1) is 8.90. The molecule has 2 rings (SSSR count). The van der Waals surface area contributed by atoms with Gasteiger partial charge in [-0.25, -0.2) is 4.98 Å². The highest BCUT2D eigenvalue weighted by atomic mass is 16.4. The lowest BCUT2D eigenvalue weighted by atomic mass is 10.1. The van der Waals surface area contributed by atoms with Gasteiger partial charge in [0.1, 0.15) is 5.82 Å². The van der Waals surface area contributed by atoms with Gasteiger partial charge in [0.2, 0.25) is 0 Å². The fraction of sp³-hybridized carbons (Fsp3) is 0.333. The van der Waals surface area contributed by atoms with E-state index < -0.39 is 5.97 Å². The van der Waals surface area contributed by atoms with E-state index in [1.165, 1.54) is 5.56 Å². The van der Waals surface area contributed by atoms with Crippen molar-refractivity contribution in [2.75, 3.05) is 0 Å². The minimum absolute atomic E-state index is 0.0371. The number of aromatic nitrogens is 2. The largest absolute Gasteiger partial charge is 0.481 e. The van der Waals surface area contributed by atoms with Crippen molar-refractivity contribution in [2.45, 2.75) is 27.2 Å². The Labute approximate surface area is 112 Å². The summed E-state index contributed by atoms with van der Waals surface area (Å²) in [5, 5.41) is 8.90. The van der Waals surface area contributed by atoms with E-state index in [0.29, 0.717) is 5.69 Å². The van der Waals surface area contributed by atoms with Crippen molar-refractivity contribution in [3.63, 3.8) is 0 Å². The van der Waals surface area contributed by atoms with Gasteiger partial charge in [0.05, 0.1) is 12.1 Å². The van der Waals surface area contributed by atoms with Crippen LogP contribution in [0.4, 0.5) is 0 Å². The molecule has 1 N–H and O–H groups in total. The molecule has 0 aliphatic heterocycles. The van der Waals surface area contributed by atoms with E-state index in [2.05, 4.69) is 18.0 Å². The predicted octanol–water partition coefficient (Wildman–Crippen LogP) is 2.64. The molecular formula is C15H18N2O2. The van der Waals surface area contributed by atoms with Crippen molar-refractivity contribution < 1.29 is 9.90 Å². The zero-order chi connectivity index (χ0) is 14.2. The molecule has 1 aromatic carbocycles. The second kappa shape index (κ2) is 4.88. The molecule has 0 aliphatic rings. The van der Waals surface area contributed by atoms with Gasteiger partial charge in [-0.1, -0.05) is 23.8 Å². The molecule has 19 heavy (non-hydrogen) atoms. The van der Waals surface area contributed by atoms with Crippen molar-refractivity contribution in [2.24, 2.45) is 7.05 Å². The van der Waals surface area contributed by atoms with Crippen LogP contribution in [-0.2, 0) is 18.3 Å². The number of benzene rings is 1. The minimum atomic E-state index is -0.853. The van der Waals surface area contributed by atoms with Crippen LogP contribution in [0.1, 0.15) is 22.5 Å². The van der Waals surface area contributed by atoms with Gasteiger partial charge in [0.15, 0.2) is 0 Å². The number of rotatable bonds is 3. The maximum absolute atomic E-state index is 10.8. The number of carboxylic acids is 1. The third-order valence-electron chi connectivity index (χ3n) is 3.42. The lowest BCUT2D eigenvalue weighted by molar-refractivity contribution is -0.136. The summed E-state index contributed by atoms with van der Waals surface area (Å²) in [4.78, 5) is 15.3. The molecule has 4 nitrogen and oxygen atoms in total. The number of carbonyl (C=O) groups is 1. The highest BCUT2D eigenvalue weighted by Crippen LogP contribution is 2.25. The number of aliphatic carboxylic acids is 1. The number of hydrogen-bond acceptors (Lipinski definition) is 2. The standard InChI is InChI=1S/C15H18N2O2/c1-9-5-6-12(10(2)7-9)15-16-13(8-14(18)19)11(3)17(15)4/h5-7H,8H2,1-4H3,(H,18,19). The molecule has 0 atom stereocenters. The molecule has 0 saturated heterocycles. The summed E-state index contributed by atoms with van der Waals surface area (Å²) < 4.78 is 1.95. The summed E-state index contributed by atoms with van der Waals surface area (Å²) in [6, 6.07) is 6.19. The van der Waals surface area contributed by atoms with Gasteiger partial charge in [-0.15, -0.1) is 0 Å². The van der Waals surface area contributed by atoms with Crippen LogP contribution in [0.15, 0.2) is 18.2 Å². The van der Waals surface area contributed by atoms with Gasteiger partial charge in [0.25, 0.3) is 0 Å². The third kappa shape index (κ3) is 2.52. The maximum atomic E-state index is 10.8. The van der Waals surface area contributed by atoms with Crippen LogP contribution in [0.3, 0.4) is 0 Å². The molecule has 2 aromatic rings.